The number of pyridine rings is 1. The van der Waals surface area contributed by atoms with E-state index in [2.05, 4.69) is 43.5 Å². The molecule has 2 aliphatic rings. The smallest absolute Gasteiger partial charge is 0.122 e. The standard InChI is InChI=1S/C22H33N5O/c1-19-6-4-8-24-22(19)20-7-5-12-27(20)18-21-23-9-13-26(21)11-3-2-10-25-14-16-28-17-15-25/h4,6,8-9,13,20H,2-3,5,7,10-12,14-18H2,1H3. The van der Waals surface area contributed by atoms with Crippen LogP contribution in [0.15, 0.2) is 30.7 Å². The van der Waals surface area contributed by atoms with Gasteiger partial charge in [0.25, 0.3) is 0 Å². The minimum Gasteiger partial charge on any atom is -0.379 e. The number of aryl methyl sites for hydroxylation is 2. The van der Waals surface area contributed by atoms with Gasteiger partial charge in [-0.1, -0.05) is 6.07 Å². The summed E-state index contributed by atoms with van der Waals surface area (Å²) < 4.78 is 7.78. The van der Waals surface area contributed by atoms with Crippen molar-refractivity contribution in [3.63, 3.8) is 0 Å². The van der Waals surface area contributed by atoms with Crippen molar-refractivity contribution in [3.8, 4) is 0 Å². The van der Waals surface area contributed by atoms with Crippen LogP contribution in [-0.2, 0) is 17.8 Å². The molecule has 6 nitrogen and oxygen atoms in total. The van der Waals surface area contributed by atoms with Crippen molar-refractivity contribution in [1.29, 1.82) is 0 Å². The molecule has 4 rings (SSSR count). The van der Waals surface area contributed by atoms with E-state index in [9.17, 15) is 0 Å². The fraction of sp³-hybridized carbons (Fsp3) is 0.636. The Labute approximate surface area is 168 Å². The third kappa shape index (κ3) is 4.80. The van der Waals surface area contributed by atoms with Crippen molar-refractivity contribution >= 4 is 0 Å². The number of morpholine rings is 1. The van der Waals surface area contributed by atoms with Crippen molar-refractivity contribution in [2.75, 3.05) is 39.4 Å². The first-order valence-electron chi connectivity index (χ1n) is 10.8. The lowest BCUT2D eigenvalue weighted by atomic mass is 10.1. The highest BCUT2D eigenvalue weighted by Crippen LogP contribution is 2.33. The molecule has 1 unspecified atom stereocenters. The number of nitrogens with zero attached hydrogens (tertiary/aromatic N) is 5. The zero-order valence-corrected chi connectivity index (χ0v) is 17.1. The molecule has 4 heterocycles. The Morgan fingerprint density at radius 2 is 1.93 bits per heavy atom. The van der Waals surface area contributed by atoms with Gasteiger partial charge >= 0.3 is 0 Å². The van der Waals surface area contributed by atoms with Crippen LogP contribution in [0, 0.1) is 6.92 Å². The molecular formula is C22H33N5O. The maximum atomic E-state index is 5.43. The topological polar surface area (TPSA) is 46.4 Å². The SMILES string of the molecule is Cc1cccnc1C1CCCN1Cc1nccn1CCCCN1CCOCC1. The Morgan fingerprint density at radius 1 is 1.07 bits per heavy atom. The monoisotopic (exact) mass is 383 g/mol. The van der Waals surface area contributed by atoms with Crippen LogP contribution in [0.3, 0.4) is 0 Å². The molecule has 2 aliphatic heterocycles. The van der Waals surface area contributed by atoms with Gasteiger partial charge in [0, 0.05) is 38.2 Å². The lowest BCUT2D eigenvalue weighted by Gasteiger charge is -2.26. The second-order valence-electron chi connectivity index (χ2n) is 8.03. The molecule has 0 N–H and O–H groups in total. The molecule has 0 radical (unpaired) electrons. The molecule has 152 valence electrons. The lowest BCUT2D eigenvalue weighted by Crippen LogP contribution is -2.36. The van der Waals surface area contributed by atoms with E-state index in [-0.39, 0.29) is 0 Å². The molecule has 2 aromatic heterocycles. The third-order valence-electron chi connectivity index (χ3n) is 6.10. The average Bonchev–Trinajstić information content (AvgIpc) is 3.36. The van der Waals surface area contributed by atoms with Crippen LogP contribution in [0.25, 0.3) is 0 Å². The maximum Gasteiger partial charge on any atom is 0.122 e. The molecule has 28 heavy (non-hydrogen) atoms. The number of unbranched alkanes of at least 4 members (excludes halogenated alkanes) is 1. The van der Waals surface area contributed by atoms with Gasteiger partial charge in [-0.15, -0.1) is 0 Å². The Balaban J connectivity index is 1.30. The van der Waals surface area contributed by atoms with Crippen molar-refractivity contribution < 1.29 is 4.74 Å². The van der Waals surface area contributed by atoms with Crippen LogP contribution in [0.1, 0.15) is 48.8 Å². The molecule has 1 atom stereocenters. The summed E-state index contributed by atoms with van der Waals surface area (Å²) in [6.45, 7) is 10.4. The Kier molecular flexibility index (Phi) is 6.73. The molecule has 0 aliphatic carbocycles. The first-order valence-corrected chi connectivity index (χ1v) is 10.8. The van der Waals surface area contributed by atoms with E-state index in [4.69, 9.17) is 4.74 Å². The predicted octanol–water partition coefficient (Wildman–Crippen LogP) is 3.04. The Hall–Kier alpha value is -1.76. The second-order valence-corrected chi connectivity index (χ2v) is 8.03. The number of likely N-dealkylation sites (tertiary alicyclic amines) is 1. The molecule has 0 spiro atoms. The second kappa shape index (κ2) is 9.63. The van der Waals surface area contributed by atoms with Crippen LogP contribution >= 0.6 is 0 Å². The summed E-state index contributed by atoms with van der Waals surface area (Å²) in [7, 11) is 0. The Bertz CT molecular complexity index is 740. The van der Waals surface area contributed by atoms with Crippen molar-refractivity contribution in [3.05, 3.63) is 47.8 Å². The van der Waals surface area contributed by atoms with Crippen LogP contribution in [0.5, 0.6) is 0 Å². The number of imidazole rings is 1. The van der Waals surface area contributed by atoms with Gasteiger partial charge in [0.05, 0.1) is 31.5 Å². The van der Waals surface area contributed by atoms with Gasteiger partial charge in [-0.25, -0.2) is 4.98 Å². The van der Waals surface area contributed by atoms with Gasteiger partial charge in [0.1, 0.15) is 5.82 Å². The molecular weight excluding hydrogens is 350 g/mol. The highest BCUT2D eigenvalue weighted by atomic mass is 16.5. The van der Waals surface area contributed by atoms with E-state index in [1.165, 1.54) is 49.3 Å². The molecule has 0 aromatic carbocycles. The van der Waals surface area contributed by atoms with Gasteiger partial charge in [-0.3, -0.25) is 14.8 Å². The predicted molar refractivity (Wildman–Crippen MR) is 110 cm³/mol. The van der Waals surface area contributed by atoms with Crippen molar-refractivity contribution in [2.45, 2.75) is 51.7 Å². The van der Waals surface area contributed by atoms with E-state index in [0.717, 1.165) is 45.9 Å². The molecule has 0 saturated carbocycles. The van der Waals surface area contributed by atoms with Crippen molar-refractivity contribution in [1.82, 2.24) is 24.3 Å². The van der Waals surface area contributed by atoms with Gasteiger partial charge < -0.3 is 9.30 Å². The lowest BCUT2D eigenvalue weighted by molar-refractivity contribution is 0.0370. The van der Waals surface area contributed by atoms with E-state index >= 15 is 0 Å². The number of hydrogen-bond donors (Lipinski definition) is 0. The van der Waals surface area contributed by atoms with Gasteiger partial charge in [0.2, 0.25) is 0 Å². The summed E-state index contributed by atoms with van der Waals surface area (Å²) in [5.74, 6) is 1.19. The minimum absolute atomic E-state index is 0.424. The quantitative estimate of drug-likeness (QED) is 0.656. The highest BCUT2D eigenvalue weighted by molar-refractivity contribution is 5.22. The summed E-state index contributed by atoms with van der Waals surface area (Å²) in [6, 6.07) is 4.63. The Morgan fingerprint density at radius 3 is 2.79 bits per heavy atom. The zero-order valence-electron chi connectivity index (χ0n) is 17.1. The molecule has 2 aromatic rings. The van der Waals surface area contributed by atoms with Crippen LogP contribution in [-0.4, -0.2) is 63.7 Å². The van der Waals surface area contributed by atoms with Crippen LogP contribution in [0.4, 0.5) is 0 Å². The van der Waals surface area contributed by atoms with E-state index < -0.39 is 0 Å². The molecule has 0 bridgehead atoms. The summed E-state index contributed by atoms with van der Waals surface area (Å²) >= 11 is 0. The summed E-state index contributed by atoms with van der Waals surface area (Å²) in [4.78, 5) is 14.4. The fourth-order valence-electron chi connectivity index (χ4n) is 4.49. The van der Waals surface area contributed by atoms with E-state index in [1.807, 2.05) is 18.5 Å². The summed E-state index contributed by atoms with van der Waals surface area (Å²) in [6.07, 6.45) is 10.9. The zero-order chi connectivity index (χ0) is 19.2. The third-order valence-corrected chi connectivity index (χ3v) is 6.10. The van der Waals surface area contributed by atoms with Crippen molar-refractivity contribution in [2.24, 2.45) is 0 Å². The normalized spacial score (nSPS) is 21.4. The number of ether oxygens (including phenoxy) is 1. The van der Waals surface area contributed by atoms with Gasteiger partial charge in [0.15, 0.2) is 0 Å². The summed E-state index contributed by atoms with van der Waals surface area (Å²) in [5, 5.41) is 0. The molecule has 6 heteroatoms. The molecule has 2 saturated heterocycles. The first kappa shape index (κ1) is 19.6. The highest BCUT2D eigenvalue weighted by Gasteiger charge is 2.29. The van der Waals surface area contributed by atoms with Crippen LogP contribution < -0.4 is 0 Å². The number of hydrogen-bond acceptors (Lipinski definition) is 5. The van der Waals surface area contributed by atoms with Gasteiger partial charge in [-0.05, 0) is 57.3 Å². The maximum absolute atomic E-state index is 5.43. The van der Waals surface area contributed by atoms with Gasteiger partial charge in [-0.2, -0.15) is 0 Å². The van der Waals surface area contributed by atoms with Crippen LogP contribution in [0.2, 0.25) is 0 Å². The van der Waals surface area contributed by atoms with E-state index in [0.29, 0.717) is 6.04 Å². The molecule has 2 fully saturated rings. The number of rotatable bonds is 8. The average molecular weight is 384 g/mol. The summed E-state index contributed by atoms with van der Waals surface area (Å²) in [5.41, 5.74) is 2.54. The number of aromatic nitrogens is 3. The van der Waals surface area contributed by atoms with E-state index in [1.54, 1.807) is 0 Å². The molecule has 0 amide bonds. The fourth-order valence-corrected chi connectivity index (χ4v) is 4.49. The first-order chi connectivity index (χ1) is 13.8. The largest absolute Gasteiger partial charge is 0.379 e. The minimum atomic E-state index is 0.424.